The summed E-state index contributed by atoms with van der Waals surface area (Å²) >= 11 is 0. The predicted molar refractivity (Wildman–Crippen MR) is 140 cm³/mol. The van der Waals surface area contributed by atoms with Gasteiger partial charge in [-0.15, -0.1) is 0 Å². The Balaban J connectivity index is 1.09. The predicted octanol–water partition coefficient (Wildman–Crippen LogP) is 5.08. The van der Waals surface area contributed by atoms with Gasteiger partial charge in [-0.05, 0) is 54.8 Å². The average molecular weight is 458 g/mol. The minimum absolute atomic E-state index is 0.00766. The van der Waals surface area contributed by atoms with Crippen molar-refractivity contribution < 1.29 is 9.53 Å². The van der Waals surface area contributed by atoms with Crippen LogP contribution in [-0.4, -0.2) is 57.2 Å². The molecule has 1 aliphatic heterocycles. The standard InChI is InChI=1S/C29H35N3O2/c1-34-28-12-8-11-27(23-28)32-21-19-31(20-22-32)18-7-3-6-17-30-29(33)26-15-13-25(14-16-26)24-9-4-2-5-10-24/h2,4-5,8-16,23H,3,6-7,17-22H2,1H3,(H,30,33). The number of ether oxygens (including phenoxy) is 1. The fourth-order valence-electron chi connectivity index (χ4n) is 4.42. The molecule has 0 radical (unpaired) electrons. The van der Waals surface area contributed by atoms with Crippen molar-refractivity contribution in [3.05, 3.63) is 84.4 Å². The highest BCUT2D eigenvalue weighted by atomic mass is 16.5. The lowest BCUT2D eigenvalue weighted by Crippen LogP contribution is -2.46. The highest BCUT2D eigenvalue weighted by molar-refractivity contribution is 5.94. The van der Waals surface area contributed by atoms with Gasteiger partial charge in [0.2, 0.25) is 0 Å². The van der Waals surface area contributed by atoms with Gasteiger partial charge in [0.25, 0.3) is 5.91 Å². The number of anilines is 1. The third kappa shape index (κ3) is 6.61. The summed E-state index contributed by atoms with van der Waals surface area (Å²) in [6, 6.07) is 26.4. The minimum atomic E-state index is 0.00766. The molecule has 0 aliphatic carbocycles. The second-order valence-electron chi connectivity index (χ2n) is 8.79. The molecule has 4 rings (SSSR count). The Morgan fingerprint density at radius 3 is 2.29 bits per heavy atom. The molecule has 5 nitrogen and oxygen atoms in total. The van der Waals surface area contributed by atoms with Crippen LogP contribution in [0.15, 0.2) is 78.9 Å². The zero-order valence-electron chi connectivity index (χ0n) is 20.1. The lowest BCUT2D eigenvalue weighted by molar-refractivity contribution is 0.0953. The summed E-state index contributed by atoms with van der Waals surface area (Å²) in [5, 5.41) is 3.06. The van der Waals surface area contributed by atoms with Crippen molar-refractivity contribution in [2.45, 2.75) is 19.3 Å². The SMILES string of the molecule is COc1cccc(N2CCN(CCCCCNC(=O)c3ccc(-c4ccccc4)cc3)CC2)c1. The van der Waals surface area contributed by atoms with Crippen LogP contribution < -0.4 is 15.0 Å². The summed E-state index contributed by atoms with van der Waals surface area (Å²) in [6.45, 7) is 6.13. The second-order valence-corrected chi connectivity index (χ2v) is 8.79. The molecule has 0 atom stereocenters. The normalized spacial score (nSPS) is 14.1. The quantitative estimate of drug-likeness (QED) is 0.431. The van der Waals surface area contributed by atoms with Crippen LogP contribution in [0.2, 0.25) is 0 Å². The first-order chi connectivity index (χ1) is 16.7. The number of carbonyl (C=O) groups is 1. The van der Waals surface area contributed by atoms with Crippen LogP contribution in [-0.2, 0) is 0 Å². The van der Waals surface area contributed by atoms with Crippen molar-refractivity contribution in [2.24, 2.45) is 0 Å². The fraction of sp³-hybridized carbons (Fsp3) is 0.345. The molecule has 178 valence electrons. The molecule has 1 amide bonds. The van der Waals surface area contributed by atoms with E-state index in [0.29, 0.717) is 5.56 Å². The van der Waals surface area contributed by atoms with E-state index in [0.717, 1.165) is 69.0 Å². The number of piperazine rings is 1. The van der Waals surface area contributed by atoms with Gasteiger partial charge in [-0.2, -0.15) is 0 Å². The van der Waals surface area contributed by atoms with Crippen molar-refractivity contribution in [2.75, 3.05) is 51.3 Å². The Kier molecular flexibility index (Phi) is 8.58. The number of nitrogens with one attached hydrogen (secondary N) is 1. The van der Waals surface area contributed by atoms with Crippen molar-refractivity contribution in [3.8, 4) is 16.9 Å². The minimum Gasteiger partial charge on any atom is -0.497 e. The van der Waals surface area contributed by atoms with Crippen LogP contribution in [0, 0.1) is 0 Å². The van der Waals surface area contributed by atoms with Gasteiger partial charge in [0.05, 0.1) is 7.11 Å². The lowest BCUT2D eigenvalue weighted by Gasteiger charge is -2.36. The monoisotopic (exact) mass is 457 g/mol. The van der Waals surface area contributed by atoms with Crippen LogP contribution in [0.4, 0.5) is 5.69 Å². The molecule has 5 heteroatoms. The van der Waals surface area contributed by atoms with E-state index in [1.54, 1.807) is 7.11 Å². The van der Waals surface area contributed by atoms with Crippen LogP contribution in [0.1, 0.15) is 29.6 Å². The van der Waals surface area contributed by atoms with Crippen molar-refractivity contribution >= 4 is 11.6 Å². The molecule has 1 N–H and O–H groups in total. The highest BCUT2D eigenvalue weighted by Gasteiger charge is 2.17. The maximum atomic E-state index is 12.4. The summed E-state index contributed by atoms with van der Waals surface area (Å²) in [7, 11) is 1.71. The molecule has 3 aromatic carbocycles. The molecule has 34 heavy (non-hydrogen) atoms. The molecule has 3 aromatic rings. The van der Waals surface area contributed by atoms with Gasteiger partial charge in [-0.1, -0.05) is 55.0 Å². The molecular formula is C29H35N3O2. The van der Waals surface area contributed by atoms with Gasteiger partial charge < -0.3 is 15.0 Å². The number of methoxy groups -OCH3 is 1. The third-order valence-electron chi connectivity index (χ3n) is 6.48. The molecular weight excluding hydrogens is 422 g/mol. The summed E-state index contributed by atoms with van der Waals surface area (Å²) in [6.07, 6.45) is 3.31. The topological polar surface area (TPSA) is 44.8 Å². The van der Waals surface area contributed by atoms with Gasteiger partial charge >= 0.3 is 0 Å². The van der Waals surface area contributed by atoms with Crippen LogP contribution in [0.5, 0.6) is 5.75 Å². The number of benzene rings is 3. The summed E-state index contributed by atoms with van der Waals surface area (Å²) in [5.74, 6) is 0.921. The van der Waals surface area contributed by atoms with E-state index >= 15 is 0 Å². The van der Waals surface area contributed by atoms with E-state index in [9.17, 15) is 4.79 Å². The number of hydrogen-bond donors (Lipinski definition) is 1. The first kappa shape index (κ1) is 23.8. The number of nitrogens with zero attached hydrogens (tertiary/aromatic N) is 2. The Morgan fingerprint density at radius 1 is 0.824 bits per heavy atom. The van der Waals surface area contributed by atoms with Crippen LogP contribution in [0.3, 0.4) is 0 Å². The zero-order chi connectivity index (χ0) is 23.6. The lowest BCUT2D eigenvalue weighted by atomic mass is 10.0. The Morgan fingerprint density at radius 2 is 1.56 bits per heavy atom. The van der Waals surface area contributed by atoms with E-state index < -0.39 is 0 Å². The fourth-order valence-corrected chi connectivity index (χ4v) is 4.42. The molecule has 0 saturated carbocycles. The molecule has 1 saturated heterocycles. The second kappa shape index (κ2) is 12.2. The molecule has 1 aliphatic rings. The number of rotatable bonds is 10. The Bertz CT molecular complexity index is 1030. The summed E-state index contributed by atoms with van der Waals surface area (Å²) in [5.41, 5.74) is 4.25. The Labute approximate surface area is 203 Å². The number of unbranched alkanes of at least 4 members (excludes halogenated alkanes) is 2. The van der Waals surface area contributed by atoms with Crippen LogP contribution in [0.25, 0.3) is 11.1 Å². The van der Waals surface area contributed by atoms with Gasteiger partial charge in [0, 0.05) is 50.0 Å². The van der Waals surface area contributed by atoms with Crippen molar-refractivity contribution in [1.82, 2.24) is 10.2 Å². The summed E-state index contributed by atoms with van der Waals surface area (Å²) < 4.78 is 5.35. The van der Waals surface area contributed by atoms with Gasteiger partial charge in [0.15, 0.2) is 0 Å². The van der Waals surface area contributed by atoms with E-state index in [2.05, 4.69) is 45.4 Å². The van der Waals surface area contributed by atoms with Gasteiger partial charge in [-0.25, -0.2) is 0 Å². The van der Waals surface area contributed by atoms with E-state index in [-0.39, 0.29) is 5.91 Å². The molecule has 0 unspecified atom stereocenters. The van der Waals surface area contributed by atoms with E-state index in [1.807, 2.05) is 48.5 Å². The maximum Gasteiger partial charge on any atom is 0.251 e. The maximum absolute atomic E-state index is 12.4. The number of hydrogen-bond acceptors (Lipinski definition) is 4. The molecule has 1 heterocycles. The summed E-state index contributed by atoms with van der Waals surface area (Å²) in [4.78, 5) is 17.4. The first-order valence-electron chi connectivity index (χ1n) is 12.3. The molecule has 0 bridgehead atoms. The van der Waals surface area contributed by atoms with Crippen molar-refractivity contribution in [3.63, 3.8) is 0 Å². The van der Waals surface area contributed by atoms with Gasteiger partial charge in [0.1, 0.15) is 5.75 Å². The third-order valence-corrected chi connectivity index (χ3v) is 6.48. The van der Waals surface area contributed by atoms with Crippen molar-refractivity contribution in [1.29, 1.82) is 0 Å². The molecule has 1 fully saturated rings. The van der Waals surface area contributed by atoms with Gasteiger partial charge in [-0.3, -0.25) is 9.69 Å². The van der Waals surface area contributed by atoms with E-state index in [4.69, 9.17) is 4.74 Å². The number of amides is 1. The zero-order valence-corrected chi connectivity index (χ0v) is 20.1. The van der Waals surface area contributed by atoms with E-state index in [1.165, 1.54) is 12.1 Å². The number of carbonyl (C=O) groups excluding carboxylic acids is 1. The highest BCUT2D eigenvalue weighted by Crippen LogP contribution is 2.22. The average Bonchev–Trinajstić information content (AvgIpc) is 2.91. The first-order valence-corrected chi connectivity index (χ1v) is 12.3. The largest absolute Gasteiger partial charge is 0.497 e. The Hall–Kier alpha value is -3.31. The smallest absolute Gasteiger partial charge is 0.251 e. The molecule has 0 aromatic heterocycles. The van der Waals surface area contributed by atoms with Crippen LogP contribution >= 0.6 is 0 Å². The molecule has 0 spiro atoms.